The quantitative estimate of drug-likeness (QED) is 0.851. The number of aromatic nitrogens is 2. The van der Waals surface area contributed by atoms with Crippen LogP contribution in [0.4, 0.5) is 0 Å². The Hall–Kier alpha value is -1.53. The largest absolute Gasteiger partial charge is 0.309 e. The van der Waals surface area contributed by atoms with Crippen LogP contribution in [-0.2, 0) is 9.84 Å². The van der Waals surface area contributed by atoms with Gasteiger partial charge in [0.1, 0.15) is 0 Å². The van der Waals surface area contributed by atoms with Crippen molar-refractivity contribution < 1.29 is 8.42 Å². The molecule has 2 aromatic heterocycles. The van der Waals surface area contributed by atoms with Crippen molar-refractivity contribution >= 4 is 20.9 Å². The average molecular weight is 347 g/mol. The van der Waals surface area contributed by atoms with Gasteiger partial charge in [0.2, 0.25) is 0 Å². The monoisotopic (exact) mass is 347 g/mol. The Labute approximate surface area is 144 Å². The molecule has 0 unspecified atom stereocenters. The lowest BCUT2D eigenvalue weighted by molar-refractivity contribution is 0.248. The smallest absolute Gasteiger partial charge is 0.177 e. The van der Waals surface area contributed by atoms with E-state index in [1.807, 2.05) is 12.1 Å². The fraction of sp³-hybridized carbons (Fsp3) is 0.556. The van der Waals surface area contributed by atoms with Crippen molar-refractivity contribution in [2.45, 2.75) is 36.5 Å². The molecule has 1 aliphatic carbocycles. The maximum Gasteiger partial charge on any atom is 0.177 e. The van der Waals surface area contributed by atoms with Gasteiger partial charge in [0.05, 0.1) is 15.9 Å². The van der Waals surface area contributed by atoms with Gasteiger partial charge in [-0.15, -0.1) is 0 Å². The van der Waals surface area contributed by atoms with Gasteiger partial charge in [-0.1, -0.05) is 0 Å². The van der Waals surface area contributed by atoms with Gasteiger partial charge in [0.25, 0.3) is 0 Å². The van der Waals surface area contributed by atoms with Crippen molar-refractivity contribution in [1.82, 2.24) is 14.9 Å². The minimum Gasteiger partial charge on any atom is -0.309 e. The SMILES string of the molecule is CN(C)C[C@H]1CC[C@H](c2ccc3ncc(S(C)(=O)=O)cc3n2)CC1. The van der Waals surface area contributed by atoms with Gasteiger partial charge in [0, 0.05) is 30.6 Å². The number of nitrogens with zero attached hydrogens (tertiary/aromatic N) is 3. The van der Waals surface area contributed by atoms with Crippen LogP contribution in [0, 0.1) is 5.92 Å². The van der Waals surface area contributed by atoms with Gasteiger partial charge in [-0.3, -0.25) is 9.97 Å². The highest BCUT2D eigenvalue weighted by Crippen LogP contribution is 2.35. The van der Waals surface area contributed by atoms with Crippen molar-refractivity contribution in [2.75, 3.05) is 26.9 Å². The molecule has 2 heterocycles. The zero-order valence-electron chi connectivity index (χ0n) is 14.6. The van der Waals surface area contributed by atoms with E-state index < -0.39 is 9.84 Å². The number of pyridine rings is 2. The fourth-order valence-corrected chi connectivity index (χ4v) is 4.16. The van der Waals surface area contributed by atoms with Crippen LogP contribution in [-0.4, -0.2) is 50.2 Å². The Balaban J connectivity index is 1.81. The molecule has 3 rings (SSSR count). The van der Waals surface area contributed by atoms with Crippen molar-refractivity contribution in [1.29, 1.82) is 0 Å². The van der Waals surface area contributed by atoms with E-state index in [0.29, 0.717) is 11.4 Å². The molecule has 5 nitrogen and oxygen atoms in total. The lowest BCUT2D eigenvalue weighted by Gasteiger charge is -2.30. The molecule has 24 heavy (non-hydrogen) atoms. The first-order valence-corrected chi connectivity index (χ1v) is 10.3. The van der Waals surface area contributed by atoms with Crippen molar-refractivity contribution in [3.8, 4) is 0 Å². The summed E-state index contributed by atoms with van der Waals surface area (Å²) >= 11 is 0. The highest BCUT2D eigenvalue weighted by molar-refractivity contribution is 7.90. The van der Waals surface area contributed by atoms with E-state index in [4.69, 9.17) is 4.98 Å². The van der Waals surface area contributed by atoms with Crippen LogP contribution in [0.1, 0.15) is 37.3 Å². The minimum absolute atomic E-state index is 0.231. The topological polar surface area (TPSA) is 63.2 Å². The first-order valence-electron chi connectivity index (χ1n) is 8.44. The maximum absolute atomic E-state index is 11.7. The Morgan fingerprint density at radius 1 is 1.12 bits per heavy atom. The summed E-state index contributed by atoms with van der Waals surface area (Å²) < 4.78 is 23.4. The summed E-state index contributed by atoms with van der Waals surface area (Å²) in [5.41, 5.74) is 2.48. The zero-order valence-corrected chi connectivity index (χ0v) is 15.4. The number of sulfone groups is 1. The van der Waals surface area contributed by atoms with Gasteiger partial charge < -0.3 is 4.90 Å². The fourth-order valence-electron chi connectivity index (χ4n) is 3.59. The summed E-state index contributed by atoms with van der Waals surface area (Å²) in [4.78, 5) is 11.4. The normalized spacial score (nSPS) is 22.2. The number of hydrogen-bond acceptors (Lipinski definition) is 5. The molecule has 6 heteroatoms. The second-order valence-electron chi connectivity index (χ2n) is 7.20. The van der Waals surface area contributed by atoms with Gasteiger partial charge >= 0.3 is 0 Å². The number of hydrogen-bond donors (Lipinski definition) is 0. The van der Waals surface area contributed by atoms with Crippen molar-refractivity contribution in [2.24, 2.45) is 5.92 Å². The van der Waals surface area contributed by atoms with E-state index in [-0.39, 0.29) is 4.90 Å². The van der Waals surface area contributed by atoms with Gasteiger partial charge in [-0.2, -0.15) is 0 Å². The second kappa shape index (κ2) is 6.76. The van der Waals surface area contributed by atoms with E-state index in [1.54, 1.807) is 6.07 Å². The summed E-state index contributed by atoms with van der Waals surface area (Å²) in [6.07, 6.45) is 7.36. The molecule has 1 saturated carbocycles. The first kappa shape index (κ1) is 17.3. The third kappa shape index (κ3) is 3.92. The molecule has 1 fully saturated rings. The Morgan fingerprint density at radius 2 is 1.83 bits per heavy atom. The van der Waals surface area contributed by atoms with Gasteiger partial charge in [-0.25, -0.2) is 8.42 Å². The summed E-state index contributed by atoms with van der Waals surface area (Å²) in [6.45, 7) is 1.15. The molecule has 2 aromatic rings. The van der Waals surface area contributed by atoms with Crippen LogP contribution in [0.3, 0.4) is 0 Å². The summed E-state index contributed by atoms with van der Waals surface area (Å²) in [5.74, 6) is 1.24. The molecule has 0 amide bonds. The molecule has 0 saturated heterocycles. The van der Waals surface area contributed by atoms with Gasteiger partial charge in [0.15, 0.2) is 9.84 Å². The van der Waals surface area contributed by atoms with Crippen LogP contribution in [0.15, 0.2) is 29.3 Å². The molecule has 0 aliphatic heterocycles. The summed E-state index contributed by atoms with van der Waals surface area (Å²) in [5, 5.41) is 0. The molecule has 0 N–H and O–H groups in total. The van der Waals surface area contributed by atoms with Crippen LogP contribution in [0.25, 0.3) is 11.0 Å². The van der Waals surface area contributed by atoms with Crippen molar-refractivity contribution in [3.05, 3.63) is 30.1 Å². The maximum atomic E-state index is 11.7. The summed E-state index contributed by atoms with van der Waals surface area (Å²) in [6, 6.07) is 5.64. The standard InChI is InChI=1S/C18H25N3O2S/c1-21(2)12-13-4-6-14(7-5-13)16-8-9-17-18(20-16)10-15(11-19-17)24(3,22)23/h8-11,13-14H,4-7,12H2,1-3H3/t13-,14-. The van der Waals surface area contributed by atoms with E-state index in [0.717, 1.165) is 36.5 Å². The molecular weight excluding hydrogens is 322 g/mol. The van der Waals surface area contributed by atoms with E-state index in [9.17, 15) is 8.42 Å². The lowest BCUT2D eigenvalue weighted by Crippen LogP contribution is -2.25. The molecule has 0 aromatic carbocycles. The number of rotatable bonds is 4. The van der Waals surface area contributed by atoms with E-state index in [1.165, 1.54) is 25.3 Å². The van der Waals surface area contributed by atoms with E-state index in [2.05, 4.69) is 24.0 Å². The highest BCUT2D eigenvalue weighted by atomic mass is 32.2. The molecule has 0 spiro atoms. The average Bonchev–Trinajstić information content (AvgIpc) is 2.53. The molecule has 130 valence electrons. The summed E-state index contributed by atoms with van der Waals surface area (Å²) in [7, 11) is 0.999. The minimum atomic E-state index is -3.26. The zero-order chi connectivity index (χ0) is 17.3. The van der Waals surface area contributed by atoms with Gasteiger partial charge in [-0.05, 0) is 63.9 Å². The Bertz CT molecular complexity index is 825. The molecule has 1 aliphatic rings. The lowest BCUT2D eigenvalue weighted by atomic mass is 9.80. The van der Waals surface area contributed by atoms with Crippen LogP contribution in [0.5, 0.6) is 0 Å². The predicted molar refractivity (Wildman–Crippen MR) is 95.9 cm³/mol. The third-order valence-corrected chi connectivity index (χ3v) is 5.93. The second-order valence-corrected chi connectivity index (χ2v) is 9.21. The van der Waals surface area contributed by atoms with Crippen LogP contribution < -0.4 is 0 Å². The molecule has 0 radical (unpaired) electrons. The molecule has 0 bridgehead atoms. The molecule has 0 atom stereocenters. The molecular formula is C18H25N3O2S. The van der Waals surface area contributed by atoms with Crippen molar-refractivity contribution in [3.63, 3.8) is 0 Å². The predicted octanol–water partition coefficient (Wildman–Crippen LogP) is 2.87. The third-order valence-electron chi connectivity index (χ3n) is 4.85. The Morgan fingerprint density at radius 3 is 2.46 bits per heavy atom. The van der Waals surface area contributed by atoms with Crippen LogP contribution in [0.2, 0.25) is 0 Å². The van der Waals surface area contributed by atoms with E-state index >= 15 is 0 Å². The highest BCUT2D eigenvalue weighted by Gasteiger charge is 2.24. The van der Waals surface area contributed by atoms with Crippen LogP contribution >= 0.6 is 0 Å². The Kier molecular flexibility index (Phi) is 4.88. The first-order chi connectivity index (χ1) is 11.3. The number of fused-ring (bicyclic) bond motifs is 1.